The smallest absolute Gasteiger partial charge is 0.249 e. The summed E-state index contributed by atoms with van der Waals surface area (Å²) in [6.45, 7) is 19.9. The van der Waals surface area contributed by atoms with Gasteiger partial charge in [-0.1, -0.05) is 70.8 Å². The number of carbonyl (C=O) groups excluding carboxylic acids is 4. The molecule has 4 atom stereocenters. The molecule has 1 unspecified atom stereocenters. The second-order valence-electron chi connectivity index (χ2n) is 16.1. The maximum absolute atomic E-state index is 14.2. The Hall–Kier alpha value is -3.11. The minimum atomic E-state index is -0.736. The third kappa shape index (κ3) is 9.21. The number of benzene rings is 1. The predicted molar refractivity (Wildman–Crippen MR) is 201 cm³/mol. The molecule has 1 N–H and O–H groups in total. The zero-order chi connectivity index (χ0) is 36.9. The van der Waals surface area contributed by atoms with Crippen LogP contribution < -0.4 is 10.2 Å². The lowest BCUT2D eigenvalue weighted by Crippen LogP contribution is -2.60. The van der Waals surface area contributed by atoms with Gasteiger partial charge in [-0.3, -0.25) is 24.1 Å². The molecule has 1 aromatic carbocycles. The highest BCUT2D eigenvalue weighted by atomic mass is 35.5. The Balaban J connectivity index is 1.44. The van der Waals surface area contributed by atoms with Crippen molar-refractivity contribution in [1.82, 2.24) is 24.9 Å². The third-order valence-electron chi connectivity index (χ3n) is 10.7. The van der Waals surface area contributed by atoms with E-state index in [-0.39, 0.29) is 47.7 Å². The van der Waals surface area contributed by atoms with E-state index in [1.165, 1.54) is 0 Å². The molecule has 0 saturated carbocycles. The number of nitrogens with zero attached hydrogens (tertiary/aromatic N) is 5. The standard InChI is InChI=1S/C39H61ClN6O4/c1-26(2)33(42(9)38(50)34(39(6,7)8)41-35(47)31-17-12-13-19-45(31)27(3)4)25-28(5)36(48)46-20-14-18-32(46)37(49)44-23-21-43(22-24-44)30-16-11-10-15-29(30)40/h10-11,15-16,25-27,31-34H,12-14,17-24H2,1-9H3,(H,41,47)/t31?,32-,33+,34+/m0/s1. The fraction of sp³-hybridized carbons (Fsp3) is 0.692. The summed E-state index contributed by atoms with van der Waals surface area (Å²) in [6, 6.07) is 6.12. The number of piperazine rings is 1. The monoisotopic (exact) mass is 712 g/mol. The average molecular weight is 713 g/mol. The summed E-state index contributed by atoms with van der Waals surface area (Å²) < 4.78 is 0. The number of nitrogens with one attached hydrogen (secondary N) is 1. The van der Waals surface area contributed by atoms with Crippen molar-refractivity contribution in [3.8, 4) is 0 Å². The summed E-state index contributed by atoms with van der Waals surface area (Å²) in [6.07, 6.45) is 6.12. The van der Waals surface area contributed by atoms with Crippen LogP contribution in [0, 0.1) is 11.3 Å². The molecule has 278 valence electrons. The summed E-state index contributed by atoms with van der Waals surface area (Å²) in [5, 5.41) is 3.85. The summed E-state index contributed by atoms with van der Waals surface area (Å²) in [5.41, 5.74) is 0.954. The Morgan fingerprint density at radius 1 is 0.900 bits per heavy atom. The van der Waals surface area contributed by atoms with Crippen LogP contribution in [0.4, 0.5) is 5.69 Å². The topological polar surface area (TPSA) is 96.5 Å². The van der Waals surface area contributed by atoms with Gasteiger partial charge in [0.1, 0.15) is 12.1 Å². The van der Waals surface area contributed by atoms with Gasteiger partial charge in [0.25, 0.3) is 0 Å². The van der Waals surface area contributed by atoms with Crippen LogP contribution in [0.1, 0.15) is 87.5 Å². The molecule has 1 aromatic rings. The van der Waals surface area contributed by atoms with E-state index in [2.05, 4.69) is 29.0 Å². The molecule has 3 fully saturated rings. The van der Waals surface area contributed by atoms with Gasteiger partial charge in [-0.25, -0.2) is 0 Å². The number of rotatable bonds is 10. The fourth-order valence-electron chi connectivity index (χ4n) is 7.75. The van der Waals surface area contributed by atoms with E-state index in [0.717, 1.165) is 37.9 Å². The van der Waals surface area contributed by atoms with E-state index in [1.54, 1.807) is 23.8 Å². The molecular weight excluding hydrogens is 652 g/mol. The van der Waals surface area contributed by atoms with E-state index in [4.69, 9.17) is 11.6 Å². The fourth-order valence-corrected chi connectivity index (χ4v) is 8.01. The molecule has 3 aliphatic rings. The molecule has 4 rings (SSSR count). The van der Waals surface area contributed by atoms with Gasteiger partial charge in [-0.05, 0) is 76.5 Å². The van der Waals surface area contributed by atoms with Crippen LogP contribution in [0.3, 0.4) is 0 Å². The van der Waals surface area contributed by atoms with Gasteiger partial charge in [-0.2, -0.15) is 0 Å². The summed E-state index contributed by atoms with van der Waals surface area (Å²) in [4.78, 5) is 65.4. The summed E-state index contributed by atoms with van der Waals surface area (Å²) in [5.74, 6) is -0.457. The van der Waals surface area contributed by atoms with Crippen LogP contribution in [-0.2, 0) is 19.2 Å². The number of piperidine rings is 1. The molecule has 0 aromatic heterocycles. The number of carbonyl (C=O) groups is 4. The first-order valence-corrected chi connectivity index (χ1v) is 19.0. The second-order valence-corrected chi connectivity index (χ2v) is 16.5. The Kier molecular flexibility index (Phi) is 13.4. The highest BCUT2D eigenvalue weighted by molar-refractivity contribution is 6.33. The van der Waals surface area contributed by atoms with E-state index in [0.29, 0.717) is 49.7 Å². The number of hydrogen-bond donors (Lipinski definition) is 1. The normalized spacial score (nSPS) is 22.2. The van der Waals surface area contributed by atoms with Gasteiger partial charge in [0.05, 0.1) is 22.8 Å². The SMILES string of the molecule is CC(=C[C@H](C(C)C)N(C)C(=O)[C@@H](NC(=O)C1CCCCN1C(C)C)C(C)(C)C)C(=O)N1CCC[C@H]1C(=O)N1CCN(c2ccccc2Cl)CC1. The molecule has 3 saturated heterocycles. The second kappa shape index (κ2) is 16.9. The van der Waals surface area contributed by atoms with Crippen molar-refractivity contribution in [2.24, 2.45) is 11.3 Å². The van der Waals surface area contributed by atoms with Crippen molar-refractivity contribution in [3.63, 3.8) is 0 Å². The minimum absolute atomic E-state index is 0.00298. The van der Waals surface area contributed by atoms with Gasteiger partial charge in [0.15, 0.2) is 0 Å². The lowest BCUT2D eigenvalue weighted by atomic mass is 9.84. The third-order valence-corrected chi connectivity index (χ3v) is 11.0. The van der Waals surface area contributed by atoms with Crippen molar-refractivity contribution in [2.45, 2.75) is 118 Å². The van der Waals surface area contributed by atoms with E-state index in [1.807, 2.05) is 69.9 Å². The zero-order valence-electron chi connectivity index (χ0n) is 31.9. The molecule has 4 amide bonds. The number of halogens is 1. The summed E-state index contributed by atoms with van der Waals surface area (Å²) in [7, 11) is 1.76. The van der Waals surface area contributed by atoms with E-state index < -0.39 is 17.5 Å². The zero-order valence-corrected chi connectivity index (χ0v) is 32.6. The van der Waals surface area contributed by atoms with Crippen molar-refractivity contribution < 1.29 is 19.2 Å². The van der Waals surface area contributed by atoms with Crippen LogP contribution in [0.5, 0.6) is 0 Å². The minimum Gasteiger partial charge on any atom is -0.367 e. The number of hydrogen-bond acceptors (Lipinski definition) is 6. The van der Waals surface area contributed by atoms with Gasteiger partial charge in [0.2, 0.25) is 23.6 Å². The predicted octanol–water partition coefficient (Wildman–Crippen LogP) is 5.20. The number of para-hydroxylation sites is 1. The van der Waals surface area contributed by atoms with Crippen molar-refractivity contribution in [2.75, 3.05) is 51.2 Å². The van der Waals surface area contributed by atoms with Crippen LogP contribution >= 0.6 is 11.6 Å². The largest absolute Gasteiger partial charge is 0.367 e. The molecule has 0 spiro atoms. The molecule has 0 aliphatic carbocycles. The molecule has 11 heteroatoms. The van der Waals surface area contributed by atoms with Gasteiger partial charge < -0.3 is 24.9 Å². The summed E-state index contributed by atoms with van der Waals surface area (Å²) >= 11 is 6.42. The molecule has 0 bridgehead atoms. The van der Waals surface area contributed by atoms with Crippen molar-refractivity contribution >= 4 is 40.9 Å². The first kappa shape index (κ1) is 39.7. The van der Waals surface area contributed by atoms with Gasteiger partial charge in [0, 0.05) is 51.4 Å². The molecule has 0 radical (unpaired) electrons. The maximum atomic E-state index is 14.2. The first-order chi connectivity index (χ1) is 23.5. The van der Waals surface area contributed by atoms with Crippen LogP contribution in [0.25, 0.3) is 0 Å². The Morgan fingerprint density at radius 3 is 2.14 bits per heavy atom. The van der Waals surface area contributed by atoms with Gasteiger partial charge in [-0.15, -0.1) is 0 Å². The lowest BCUT2D eigenvalue weighted by Gasteiger charge is -2.41. The molecule has 3 heterocycles. The number of likely N-dealkylation sites (tertiary alicyclic amines) is 2. The maximum Gasteiger partial charge on any atom is 0.249 e. The molecular formula is C39H61ClN6O4. The number of anilines is 1. The van der Waals surface area contributed by atoms with Crippen LogP contribution in [0.2, 0.25) is 5.02 Å². The van der Waals surface area contributed by atoms with E-state index >= 15 is 0 Å². The van der Waals surface area contributed by atoms with Crippen molar-refractivity contribution in [1.29, 1.82) is 0 Å². The lowest BCUT2D eigenvalue weighted by molar-refractivity contribution is -0.142. The number of likely N-dealkylation sites (N-methyl/N-ethyl adjacent to an activating group) is 1. The Labute approximate surface area is 305 Å². The first-order valence-electron chi connectivity index (χ1n) is 18.6. The highest BCUT2D eigenvalue weighted by Crippen LogP contribution is 2.29. The molecule has 3 aliphatic heterocycles. The number of amides is 4. The van der Waals surface area contributed by atoms with Crippen molar-refractivity contribution in [3.05, 3.63) is 40.9 Å². The van der Waals surface area contributed by atoms with Crippen LogP contribution in [-0.4, -0.2) is 120 Å². The Morgan fingerprint density at radius 2 is 1.54 bits per heavy atom. The van der Waals surface area contributed by atoms with Crippen LogP contribution in [0.15, 0.2) is 35.9 Å². The molecule has 10 nitrogen and oxygen atoms in total. The average Bonchev–Trinajstić information content (AvgIpc) is 3.58. The highest BCUT2D eigenvalue weighted by Gasteiger charge is 2.41. The van der Waals surface area contributed by atoms with Gasteiger partial charge >= 0.3 is 0 Å². The Bertz CT molecular complexity index is 1400. The quantitative estimate of drug-likeness (QED) is 0.335. The van der Waals surface area contributed by atoms with E-state index in [9.17, 15) is 19.2 Å². The molecule has 50 heavy (non-hydrogen) atoms.